The predicted molar refractivity (Wildman–Crippen MR) is 106 cm³/mol. The fraction of sp³-hybridized carbons (Fsp3) is 0.333. The van der Waals surface area contributed by atoms with E-state index in [1.54, 1.807) is 55.3 Å². The number of nitrogens with one attached hydrogen (secondary N) is 1. The van der Waals surface area contributed by atoms with Gasteiger partial charge in [0.1, 0.15) is 0 Å². The molecule has 0 bridgehead atoms. The molecule has 0 radical (unpaired) electrons. The summed E-state index contributed by atoms with van der Waals surface area (Å²) in [5, 5.41) is 2.80. The molecule has 1 atom stereocenters. The number of anilines is 1. The van der Waals surface area contributed by atoms with Gasteiger partial charge in [0.05, 0.1) is 13.2 Å². The Morgan fingerprint density at radius 1 is 1.14 bits per heavy atom. The van der Waals surface area contributed by atoms with Crippen molar-refractivity contribution in [1.82, 2.24) is 4.90 Å². The van der Waals surface area contributed by atoms with Crippen LogP contribution in [0.1, 0.15) is 29.8 Å². The Morgan fingerprint density at radius 2 is 1.86 bits per heavy atom. The van der Waals surface area contributed by atoms with Gasteiger partial charge in [0.25, 0.3) is 0 Å². The molecule has 29 heavy (non-hydrogen) atoms. The number of methoxy groups -OCH3 is 1. The molecule has 0 spiro atoms. The van der Waals surface area contributed by atoms with E-state index in [0.717, 1.165) is 5.56 Å². The van der Waals surface area contributed by atoms with Crippen molar-refractivity contribution in [3.05, 3.63) is 53.6 Å². The minimum absolute atomic E-state index is 0.0509. The third-order valence-electron chi connectivity index (χ3n) is 4.45. The molecule has 8 heteroatoms. The minimum Gasteiger partial charge on any atom is -0.493 e. The monoisotopic (exact) mass is 406 g/mol. The molecule has 1 N–H and O–H groups in total. The number of nitrogens with zero attached hydrogens (tertiary/aromatic N) is 1. The molecule has 0 aliphatic heterocycles. The van der Waals surface area contributed by atoms with E-state index in [0.29, 0.717) is 17.8 Å². The van der Waals surface area contributed by atoms with Gasteiger partial charge in [0.2, 0.25) is 5.91 Å². The maximum atomic E-state index is 12.6. The van der Waals surface area contributed by atoms with Gasteiger partial charge in [-0.1, -0.05) is 18.2 Å². The first-order valence-electron chi connectivity index (χ1n) is 8.95. The second-order valence-corrected chi connectivity index (χ2v) is 6.58. The second kappa shape index (κ2) is 9.97. The number of alkyl halides is 2. The van der Waals surface area contributed by atoms with Gasteiger partial charge in [0, 0.05) is 17.8 Å². The average Bonchev–Trinajstić information content (AvgIpc) is 2.68. The molecule has 0 heterocycles. The molecular formula is C21H24F2N2O4. The number of ether oxygens (including phenoxy) is 2. The third-order valence-corrected chi connectivity index (χ3v) is 4.45. The van der Waals surface area contributed by atoms with Gasteiger partial charge in [-0.2, -0.15) is 8.78 Å². The smallest absolute Gasteiger partial charge is 0.387 e. The quantitative estimate of drug-likeness (QED) is 0.639. The SMILES string of the molecule is COc1cc(CN(C)[C@H](C)C(=O)Nc2cccc(C(C)=O)c2)ccc1OC(F)F. The van der Waals surface area contributed by atoms with Crippen molar-refractivity contribution < 1.29 is 27.8 Å². The number of hydrogen-bond donors (Lipinski definition) is 1. The van der Waals surface area contributed by atoms with Gasteiger partial charge in [-0.3, -0.25) is 14.5 Å². The van der Waals surface area contributed by atoms with Gasteiger partial charge < -0.3 is 14.8 Å². The second-order valence-electron chi connectivity index (χ2n) is 6.58. The molecule has 0 aliphatic carbocycles. The largest absolute Gasteiger partial charge is 0.493 e. The summed E-state index contributed by atoms with van der Waals surface area (Å²) >= 11 is 0. The van der Waals surface area contributed by atoms with Gasteiger partial charge in [-0.15, -0.1) is 0 Å². The van der Waals surface area contributed by atoms with Gasteiger partial charge in [-0.25, -0.2) is 0 Å². The lowest BCUT2D eigenvalue weighted by atomic mass is 10.1. The zero-order valence-corrected chi connectivity index (χ0v) is 16.7. The van der Waals surface area contributed by atoms with Crippen LogP contribution in [0.5, 0.6) is 11.5 Å². The van der Waals surface area contributed by atoms with E-state index < -0.39 is 12.7 Å². The lowest BCUT2D eigenvalue weighted by Gasteiger charge is -2.24. The first kappa shape index (κ1) is 22.3. The van der Waals surface area contributed by atoms with E-state index in [1.807, 2.05) is 0 Å². The highest BCUT2D eigenvalue weighted by Crippen LogP contribution is 2.30. The average molecular weight is 406 g/mol. The number of benzene rings is 2. The van der Waals surface area contributed by atoms with E-state index in [-0.39, 0.29) is 23.2 Å². The maximum Gasteiger partial charge on any atom is 0.387 e. The number of carbonyl (C=O) groups excluding carboxylic acids is 2. The lowest BCUT2D eigenvalue weighted by molar-refractivity contribution is -0.120. The van der Waals surface area contributed by atoms with E-state index in [9.17, 15) is 18.4 Å². The number of carbonyl (C=O) groups is 2. The molecular weight excluding hydrogens is 382 g/mol. The molecule has 156 valence electrons. The molecule has 0 aliphatic rings. The van der Waals surface area contributed by atoms with E-state index >= 15 is 0 Å². The van der Waals surface area contributed by atoms with Crippen LogP contribution in [0.2, 0.25) is 0 Å². The molecule has 0 fully saturated rings. The first-order chi connectivity index (χ1) is 13.7. The number of halogens is 2. The van der Waals surface area contributed by atoms with Crippen LogP contribution in [0.25, 0.3) is 0 Å². The molecule has 2 aromatic carbocycles. The van der Waals surface area contributed by atoms with Gasteiger partial charge >= 0.3 is 6.61 Å². The fourth-order valence-corrected chi connectivity index (χ4v) is 2.69. The van der Waals surface area contributed by atoms with Crippen LogP contribution in [0.15, 0.2) is 42.5 Å². The molecule has 2 rings (SSSR count). The topological polar surface area (TPSA) is 67.9 Å². The van der Waals surface area contributed by atoms with Crippen molar-refractivity contribution in [3.8, 4) is 11.5 Å². The van der Waals surface area contributed by atoms with Crippen molar-refractivity contribution in [2.24, 2.45) is 0 Å². The van der Waals surface area contributed by atoms with Crippen LogP contribution in [0, 0.1) is 0 Å². The Labute approximate surface area is 168 Å². The Kier molecular flexibility index (Phi) is 7.67. The summed E-state index contributed by atoms with van der Waals surface area (Å²) in [5.41, 5.74) is 1.82. The summed E-state index contributed by atoms with van der Waals surface area (Å²) < 4.78 is 34.4. The number of hydrogen-bond acceptors (Lipinski definition) is 5. The van der Waals surface area contributed by atoms with Crippen LogP contribution in [0.4, 0.5) is 14.5 Å². The van der Waals surface area contributed by atoms with Crippen molar-refractivity contribution in [1.29, 1.82) is 0 Å². The summed E-state index contributed by atoms with van der Waals surface area (Å²) in [6, 6.07) is 10.9. The van der Waals surface area contributed by atoms with Crippen LogP contribution < -0.4 is 14.8 Å². The molecule has 1 amide bonds. The maximum absolute atomic E-state index is 12.6. The highest BCUT2D eigenvalue weighted by molar-refractivity contribution is 5.98. The Balaban J connectivity index is 2.04. The molecule has 0 saturated heterocycles. The Morgan fingerprint density at radius 3 is 2.48 bits per heavy atom. The Hall–Kier alpha value is -3.00. The number of rotatable bonds is 9. The molecule has 0 saturated carbocycles. The van der Waals surface area contributed by atoms with Crippen molar-refractivity contribution in [2.45, 2.75) is 33.0 Å². The van der Waals surface area contributed by atoms with Crippen LogP contribution >= 0.6 is 0 Å². The first-order valence-corrected chi connectivity index (χ1v) is 8.95. The fourth-order valence-electron chi connectivity index (χ4n) is 2.69. The van der Waals surface area contributed by atoms with E-state index in [1.165, 1.54) is 20.1 Å². The van der Waals surface area contributed by atoms with Crippen LogP contribution in [0.3, 0.4) is 0 Å². The van der Waals surface area contributed by atoms with Crippen molar-refractivity contribution >= 4 is 17.4 Å². The van der Waals surface area contributed by atoms with Crippen LogP contribution in [-0.2, 0) is 11.3 Å². The molecule has 0 aromatic heterocycles. The zero-order chi connectivity index (χ0) is 21.6. The number of ketones is 1. The summed E-state index contributed by atoms with van der Waals surface area (Å²) in [6.45, 7) is 0.648. The number of amides is 1. The summed E-state index contributed by atoms with van der Waals surface area (Å²) in [6.07, 6.45) is 0. The normalized spacial score (nSPS) is 12.0. The number of likely N-dealkylation sites (N-methyl/N-ethyl adjacent to an activating group) is 1. The van der Waals surface area contributed by atoms with E-state index in [2.05, 4.69) is 10.1 Å². The van der Waals surface area contributed by atoms with Gasteiger partial charge in [0.15, 0.2) is 17.3 Å². The standard InChI is InChI=1S/C21H24F2N2O4/c1-13(20(27)24-17-7-5-6-16(11-17)14(2)26)25(3)12-15-8-9-18(29-21(22)23)19(10-15)28-4/h5-11,13,21H,12H2,1-4H3,(H,24,27)/t13-/m1/s1. The van der Waals surface area contributed by atoms with Crippen molar-refractivity contribution in [2.75, 3.05) is 19.5 Å². The predicted octanol–water partition coefficient (Wildman–Crippen LogP) is 3.96. The summed E-state index contributed by atoms with van der Waals surface area (Å²) in [7, 11) is 3.14. The van der Waals surface area contributed by atoms with Crippen LogP contribution in [-0.4, -0.2) is 43.4 Å². The number of Topliss-reactive ketones (excluding diaryl/α,β-unsaturated/α-hetero) is 1. The lowest BCUT2D eigenvalue weighted by Crippen LogP contribution is -2.39. The highest BCUT2D eigenvalue weighted by Gasteiger charge is 2.19. The molecule has 2 aromatic rings. The molecule has 6 nitrogen and oxygen atoms in total. The van der Waals surface area contributed by atoms with Crippen molar-refractivity contribution in [3.63, 3.8) is 0 Å². The summed E-state index contributed by atoms with van der Waals surface area (Å²) in [4.78, 5) is 25.8. The summed E-state index contributed by atoms with van der Waals surface area (Å²) in [5.74, 6) is -0.184. The highest BCUT2D eigenvalue weighted by atomic mass is 19.3. The third kappa shape index (κ3) is 6.25. The Bertz CT molecular complexity index is 874. The molecule has 0 unspecified atom stereocenters. The van der Waals surface area contributed by atoms with Gasteiger partial charge in [-0.05, 0) is 50.7 Å². The minimum atomic E-state index is -2.94. The van der Waals surface area contributed by atoms with E-state index in [4.69, 9.17) is 4.74 Å². The zero-order valence-electron chi connectivity index (χ0n) is 16.7.